The van der Waals surface area contributed by atoms with Crippen molar-refractivity contribution in [1.29, 1.82) is 0 Å². The van der Waals surface area contributed by atoms with Crippen LogP contribution in [0.5, 0.6) is 0 Å². The van der Waals surface area contributed by atoms with Crippen molar-refractivity contribution < 1.29 is 22.0 Å². The number of anilines is 1. The number of fused-ring (bicyclic) bond motifs is 1. The van der Waals surface area contributed by atoms with Crippen LogP contribution in [0.4, 0.5) is 14.5 Å². The van der Waals surface area contributed by atoms with Crippen molar-refractivity contribution in [2.24, 2.45) is 0 Å². The standard InChI is InChI=1S/C21H15F2N3O3S3/c22-21(23)32(28,29)15-8-6-14(7-9-15)26-17(27)11-31-20-18-16(13-4-2-1-3-5-13)10-30-19(18)24-12-25-20/h1-10,12,21H,11H2,(H,26,27). The van der Waals surface area contributed by atoms with Crippen LogP contribution in [0.2, 0.25) is 0 Å². The van der Waals surface area contributed by atoms with E-state index >= 15 is 0 Å². The van der Waals surface area contributed by atoms with Crippen molar-refractivity contribution in [2.75, 3.05) is 11.1 Å². The molecule has 0 radical (unpaired) electrons. The highest BCUT2D eigenvalue weighted by Gasteiger charge is 2.26. The molecule has 1 N–H and O–H groups in total. The first kappa shape index (κ1) is 22.3. The highest BCUT2D eigenvalue weighted by Crippen LogP contribution is 2.37. The molecular weight excluding hydrogens is 476 g/mol. The molecule has 6 nitrogen and oxygen atoms in total. The number of carbonyl (C=O) groups excluding carboxylic acids is 1. The topological polar surface area (TPSA) is 89.0 Å². The second-order valence-corrected chi connectivity index (χ2v) is 10.3. The van der Waals surface area contributed by atoms with E-state index in [2.05, 4.69) is 15.3 Å². The largest absolute Gasteiger partial charge is 0.341 e. The van der Waals surface area contributed by atoms with Crippen LogP contribution in [0.1, 0.15) is 0 Å². The molecule has 164 valence electrons. The van der Waals surface area contributed by atoms with Crippen LogP contribution in [-0.4, -0.2) is 35.8 Å². The van der Waals surface area contributed by atoms with Crippen molar-refractivity contribution in [3.8, 4) is 11.1 Å². The zero-order valence-electron chi connectivity index (χ0n) is 16.2. The minimum atomic E-state index is -4.67. The van der Waals surface area contributed by atoms with Gasteiger partial charge in [-0.15, -0.1) is 11.3 Å². The molecule has 0 saturated heterocycles. The lowest BCUT2D eigenvalue weighted by Crippen LogP contribution is -2.15. The number of benzene rings is 2. The Morgan fingerprint density at radius 1 is 1.06 bits per heavy atom. The first-order chi connectivity index (χ1) is 15.4. The zero-order valence-corrected chi connectivity index (χ0v) is 18.7. The molecule has 4 rings (SSSR count). The Bertz CT molecular complexity index is 1360. The number of halogens is 2. The van der Waals surface area contributed by atoms with Gasteiger partial charge in [0.25, 0.3) is 0 Å². The van der Waals surface area contributed by atoms with E-state index in [1.807, 2.05) is 35.7 Å². The summed E-state index contributed by atoms with van der Waals surface area (Å²) in [5.74, 6) is -3.79. The normalized spacial score (nSPS) is 11.7. The number of rotatable bonds is 7. The number of hydrogen-bond donors (Lipinski definition) is 1. The molecule has 1 amide bonds. The van der Waals surface area contributed by atoms with E-state index in [4.69, 9.17) is 0 Å². The SMILES string of the molecule is O=C(CSc1ncnc2scc(-c3ccccc3)c12)Nc1ccc(S(=O)(=O)C(F)F)cc1. The average Bonchev–Trinajstić information content (AvgIpc) is 3.23. The Balaban J connectivity index is 1.47. The fourth-order valence-corrected chi connectivity index (χ4v) is 5.46. The maximum atomic E-state index is 12.6. The molecule has 0 atom stereocenters. The second kappa shape index (κ2) is 9.31. The lowest BCUT2D eigenvalue weighted by atomic mass is 10.1. The molecule has 0 saturated carbocycles. The van der Waals surface area contributed by atoms with E-state index in [-0.39, 0.29) is 11.7 Å². The molecule has 0 aliphatic rings. The third kappa shape index (κ3) is 4.64. The molecule has 0 spiro atoms. The molecular formula is C21H15F2N3O3S3. The number of carbonyl (C=O) groups is 1. The predicted octanol–water partition coefficient (Wildman–Crippen LogP) is 5.09. The molecule has 4 aromatic rings. The number of thioether (sulfide) groups is 1. The van der Waals surface area contributed by atoms with Gasteiger partial charge in [0.15, 0.2) is 0 Å². The number of nitrogens with one attached hydrogen (secondary N) is 1. The van der Waals surface area contributed by atoms with Crippen molar-refractivity contribution in [3.63, 3.8) is 0 Å². The molecule has 2 aromatic carbocycles. The molecule has 0 unspecified atom stereocenters. The predicted molar refractivity (Wildman–Crippen MR) is 122 cm³/mol. The third-order valence-corrected chi connectivity index (χ3v) is 7.74. The van der Waals surface area contributed by atoms with Crippen LogP contribution >= 0.6 is 23.1 Å². The first-order valence-electron chi connectivity index (χ1n) is 9.18. The minimum Gasteiger partial charge on any atom is -0.325 e. The van der Waals surface area contributed by atoms with Gasteiger partial charge in [-0.05, 0) is 29.8 Å². The van der Waals surface area contributed by atoms with Crippen LogP contribution in [0.25, 0.3) is 21.3 Å². The summed E-state index contributed by atoms with van der Waals surface area (Å²) in [7, 11) is -4.67. The molecule has 0 aliphatic heterocycles. The summed E-state index contributed by atoms with van der Waals surface area (Å²) >= 11 is 2.75. The molecule has 32 heavy (non-hydrogen) atoms. The van der Waals surface area contributed by atoms with E-state index in [0.29, 0.717) is 10.7 Å². The average molecular weight is 492 g/mol. The monoisotopic (exact) mass is 491 g/mol. The number of sulfone groups is 1. The highest BCUT2D eigenvalue weighted by molar-refractivity contribution is 8.00. The molecule has 0 aliphatic carbocycles. The first-order valence-corrected chi connectivity index (χ1v) is 12.6. The van der Waals surface area contributed by atoms with Crippen LogP contribution in [0.15, 0.2) is 76.2 Å². The summed E-state index contributed by atoms with van der Waals surface area (Å²) in [4.78, 5) is 21.4. The Labute approximate surface area is 190 Å². The Morgan fingerprint density at radius 3 is 2.47 bits per heavy atom. The van der Waals surface area contributed by atoms with E-state index < -0.39 is 20.5 Å². The van der Waals surface area contributed by atoms with Crippen molar-refractivity contribution in [2.45, 2.75) is 15.7 Å². The fourth-order valence-electron chi connectivity index (χ4n) is 2.95. The number of nitrogens with zero attached hydrogens (tertiary/aromatic N) is 2. The summed E-state index contributed by atoms with van der Waals surface area (Å²) < 4.78 is 48.2. The Morgan fingerprint density at radius 2 is 1.78 bits per heavy atom. The van der Waals surface area contributed by atoms with Crippen LogP contribution in [0.3, 0.4) is 0 Å². The van der Waals surface area contributed by atoms with Gasteiger partial charge in [0.2, 0.25) is 15.7 Å². The molecule has 0 bridgehead atoms. The van der Waals surface area contributed by atoms with Gasteiger partial charge in [-0.1, -0.05) is 42.1 Å². The number of thiophene rings is 1. The second-order valence-electron chi connectivity index (χ2n) is 6.54. The zero-order chi connectivity index (χ0) is 22.7. The van der Waals surface area contributed by atoms with Gasteiger partial charge in [0.05, 0.1) is 16.0 Å². The maximum Gasteiger partial charge on any atom is 0.341 e. The van der Waals surface area contributed by atoms with Crippen molar-refractivity contribution >= 4 is 54.7 Å². The summed E-state index contributed by atoms with van der Waals surface area (Å²) in [5.41, 5.74) is 2.32. The fraction of sp³-hybridized carbons (Fsp3) is 0.0952. The van der Waals surface area contributed by atoms with Crippen LogP contribution in [-0.2, 0) is 14.6 Å². The number of alkyl halides is 2. The van der Waals surface area contributed by atoms with Gasteiger partial charge < -0.3 is 5.32 Å². The van der Waals surface area contributed by atoms with E-state index in [0.717, 1.165) is 33.5 Å². The van der Waals surface area contributed by atoms with Gasteiger partial charge in [0, 0.05) is 16.6 Å². The van der Waals surface area contributed by atoms with E-state index in [1.165, 1.54) is 41.6 Å². The summed E-state index contributed by atoms with van der Waals surface area (Å²) in [6, 6.07) is 14.4. The molecule has 2 aromatic heterocycles. The highest BCUT2D eigenvalue weighted by atomic mass is 32.2. The van der Waals surface area contributed by atoms with E-state index in [1.54, 1.807) is 0 Å². The van der Waals surface area contributed by atoms with Crippen LogP contribution in [0, 0.1) is 0 Å². The van der Waals surface area contributed by atoms with Gasteiger partial charge in [0.1, 0.15) is 16.2 Å². The van der Waals surface area contributed by atoms with Crippen LogP contribution < -0.4 is 5.32 Å². The lowest BCUT2D eigenvalue weighted by molar-refractivity contribution is -0.113. The summed E-state index contributed by atoms with van der Waals surface area (Å²) in [5, 5.41) is 6.18. The molecule has 2 heterocycles. The molecule has 11 heteroatoms. The molecule has 0 fully saturated rings. The quantitative estimate of drug-likeness (QED) is 0.286. The number of amides is 1. The van der Waals surface area contributed by atoms with Crippen molar-refractivity contribution in [3.05, 3.63) is 66.3 Å². The van der Waals surface area contributed by atoms with Gasteiger partial charge in [-0.3, -0.25) is 4.79 Å². The van der Waals surface area contributed by atoms with Gasteiger partial charge in [-0.2, -0.15) is 8.78 Å². The Hall–Kier alpha value is -2.89. The van der Waals surface area contributed by atoms with Crippen molar-refractivity contribution in [1.82, 2.24) is 9.97 Å². The number of aromatic nitrogens is 2. The lowest BCUT2D eigenvalue weighted by Gasteiger charge is -2.08. The summed E-state index contributed by atoms with van der Waals surface area (Å²) in [6.07, 6.45) is 1.45. The van der Waals surface area contributed by atoms with Gasteiger partial charge >= 0.3 is 5.76 Å². The number of hydrogen-bond acceptors (Lipinski definition) is 7. The van der Waals surface area contributed by atoms with Gasteiger partial charge in [-0.25, -0.2) is 18.4 Å². The smallest absolute Gasteiger partial charge is 0.325 e. The van der Waals surface area contributed by atoms with E-state index in [9.17, 15) is 22.0 Å². The summed E-state index contributed by atoms with van der Waals surface area (Å²) in [6.45, 7) is 0. The maximum absolute atomic E-state index is 12.6. The Kier molecular flexibility index (Phi) is 6.49. The third-order valence-electron chi connectivity index (χ3n) is 4.46. The minimum absolute atomic E-state index is 0.0489.